The van der Waals surface area contributed by atoms with Crippen molar-refractivity contribution < 1.29 is 9.59 Å². The summed E-state index contributed by atoms with van der Waals surface area (Å²) < 4.78 is 0. The molecule has 102 valence electrons. The third-order valence-corrected chi connectivity index (χ3v) is 3.42. The summed E-state index contributed by atoms with van der Waals surface area (Å²) in [6.07, 6.45) is 0.352. The largest absolute Gasteiger partial charge is 0.328 e. The van der Waals surface area contributed by atoms with Crippen molar-refractivity contribution >= 4 is 17.6 Å². The van der Waals surface area contributed by atoms with Gasteiger partial charge in [0.05, 0.1) is 0 Å². The number of urea groups is 1. The quantitative estimate of drug-likeness (QED) is 0.844. The molecule has 4 nitrogen and oxygen atoms in total. The minimum atomic E-state index is -0.328. The average molecular weight is 260 g/mol. The van der Waals surface area contributed by atoms with Crippen molar-refractivity contribution in [1.29, 1.82) is 0 Å². The molecule has 4 heteroatoms. The summed E-state index contributed by atoms with van der Waals surface area (Å²) in [4.78, 5) is 24.8. The van der Waals surface area contributed by atoms with Crippen molar-refractivity contribution in [1.82, 2.24) is 5.32 Å². The molecule has 1 aromatic carbocycles. The van der Waals surface area contributed by atoms with Gasteiger partial charge in [-0.3, -0.25) is 15.0 Å². The lowest BCUT2D eigenvalue weighted by atomic mass is 9.86. The summed E-state index contributed by atoms with van der Waals surface area (Å²) in [7, 11) is 0. The smallest absolute Gasteiger partial charge is 0.293 e. The number of aryl methyl sites for hydroxylation is 1. The Kier molecular flexibility index (Phi) is 3.35. The summed E-state index contributed by atoms with van der Waals surface area (Å²) in [6, 6.07) is 5.83. The first kappa shape index (κ1) is 13.6. The fraction of sp³-hybridized carbons (Fsp3) is 0.467. The lowest BCUT2D eigenvalue weighted by molar-refractivity contribution is -0.120. The summed E-state index contributed by atoms with van der Waals surface area (Å²) in [5.41, 5.74) is 3.14. The van der Waals surface area contributed by atoms with E-state index < -0.39 is 0 Å². The van der Waals surface area contributed by atoms with Crippen LogP contribution in [0.2, 0.25) is 0 Å². The van der Waals surface area contributed by atoms with Crippen molar-refractivity contribution in [2.24, 2.45) is 0 Å². The van der Waals surface area contributed by atoms with E-state index in [-0.39, 0.29) is 17.4 Å². The molecule has 0 bridgehead atoms. The number of rotatable bonds is 1. The number of benzene rings is 1. The zero-order valence-corrected chi connectivity index (χ0v) is 11.9. The minimum Gasteiger partial charge on any atom is -0.293 e. The lowest BCUT2D eigenvalue weighted by Crippen LogP contribution is -2.49. The molecule has 0 aliphatic carbocycles. The van der Waals surface area contributed by atoms with Gasteiger partial charge in [0, 0.05) is 18.7 Å². The van der Waals surface area contributed by atoms with Crippen LogP contribution >= 0.6 is 0 Å². The van der Waals surface area contributed by atoms with Crippen molar-refractivity contribution in [2.45, 2.75) is 39.5 Å². The molecule has 1 aliphatic rings. The molecule has 1 aliphatic heterocycles. The Morgan fingerprint density at radius 2 is 1.89 bits per heavy atom. The highest BCUT2D eigenvalue weighted by Gasteiger charge is 2.26. The molecular formula is C15H20N2O2. The molecule has 19 heavy (non-hydrogen) atoms. The van der Waals surface area contributed by atoms with Gasteiger partial charge < -0.3 is 0 Å². The van der Waals surface area contributed by atoms with Gasteiger partial charge in [-0.05, 0) is 29.5 Å². The number of carbonyl (C=O) groups excluding carboxylic acids is 2. The molecule has 0 unspecified atom stereocenters. The van der Waals surface area contributed by atoms with Crippen molar-refractivity contribution in [2.75, 3.05) is 11.4 Å². The Labute approximate surface area is 113 Å². The fourth-order valence-electron chi connectivity index (χ4n) is 2.16. The summed E-state index contributed by atoms with van der Waals surface area (Å²) in [5, 5.41) is 2.36. The second kappa shape index (κ2) is 4.68. The Bertz CT molecular complexity index is 529. The van der Waals surface area contributed by atoms with Crippen LogP contribution in [0.15, 0.2) is 18.2 Å². The third kappa shape index (κ3) is 2.78. The molecule has 0 spiro atoms. The summed E-state index contributed by atoms with van der Waals surface area (Å²) in [5.74, 6) is -0.203. The van der Waals surface area contributed by atoms with Crippen LogP contribution in [0.25, 0.3) is 0 Å². The zero-order chi connectivity index (χ0) is 14.2. The molecule has 3 amide bonds. The standard InChI is InChI=1S/C15H20N2O2/c1-10-5-6-11(15(2,3)4)9-12(10)17-8-7-13(18)16-14(17)19/h5-6,9H,7-8H2,1-4H3,(H,16,18,19). The fourth-order valence-corrected chi connectivity index (χ4v) is 2.16. The highest BCUT2D eigenvalue weighted by Crippen LogP contribution is 2.29. The molecule has 1 heterocycles. The number of amides is 3. The molecule has 1 N–H and O–H groups in total. The number of hydrogen-bond donors (Lipinski definition) is 1. The van der Waals surface area contributed by atoms with Crippen LogP contribution in [-0.2, 0) is 10.2 Å². The van der Waals surface area contributed by atoms with E-state index in [9.17, 15) is 9.59 Å². The van der Waals surface area contributed by atoms with Gasteiger partial charge in [-0.15, -0.1) is 0 Å². The van der Waals surface area contributed by atoms with Crippen LogP contribution in [-0.4, -0.2) is 18.5 Å². The van der Waals surface area contributed by atoms with Crippen LogP contribution in [0, 0.1) is 6.92 Å². The molecule has 0 saturated carbocycles. The number of carbonyl (C=O) groups is 2. The Morgan fingerprint density at radius 3 is 2.47 bits per heavy atom. The molecule has 1 aromatic rings. The van der Waals surface area contributed by atoms with E-state index in [1.807, 2.05) is 19.1 Å². The first-order chi connectivity index (χ1) is 8.79. The lowest BCUT2D eigenvalue weighted by Gasteiger charge is -2.29. The maximum absolute atomic E-state index is 11.9. The molecular weight excluding hydrogens is 240 g/mol. The second-order valence-corrected chi connectivity index (χ2v) is 6.01. The molecule has 1 saturated heterocycles. The van der Waals surface area contributed by atoms with Crippen molar-refractivity contribution in [3.8, 4) is 0 Å². The van der Waals surface area contributed by atoms with Gasteiger partial charge in [0.1, 0.15) is 0 Å². The van der Waals surface area contributed by atoms with Crippen LogP contribution < -0.4 is 10.2 Å². The van der Waals surface area contributed by atoms with Crippen molar-refractivity contribution in [3.63, 3.8) is 0 Å². The normalized spacial score (nSPS) is 16.5. The van der Waals surface area contributed by atoms with E-state index in [2.05, 4.69) is 32.2 Å². The molecule has 2 rings (SSSR count). The highest BCUT2D eigenvalue weighted by molar-refractivity contribution is 6.05. The van der Waals surface area contributed by atoms with Gasteiger partial charge in [-0.25, -0.2) is 4.79 Å². The van der Waals surface area contributed by atoms with Gasteiger partial charge in [-0.2, -0.15) is 0 Å². The van der Waals surface area contributed by atoms with E-state index in [1.54, 1.807) is 4.90 Å². The summed E-state index contributed by atoms with van der Waals surface area (Å²) in [6.45, 7) is 8.84. The maximum atomic E-state index is 11.9. The first-order valence-corrected chi connectivity index (χ1v) is 6.51. The molecule has 1 fully saturated rings. The van der Waals surface area contributed by atoms with E-state index in [0.29, 0.717) is 13.0 Å². The van der Waals surface area contributed by atoms with Gasteiger partial charge in [-0.1, -0.05) is 32.9 Å². The average Bonchev–Trinajstić information content (AvgIpc) is 2.29. The third-order valence-electron chi connectivity index (χ3n) is 3.42. The Balaban J connectivity index is 2.39. The van der Waals surface area contributed by atoms with Crippen LogP contribution in [0.1, 0.15) is 38.3 Å². The van der Waals surface area contributed by atoms with E-state index in [1.165, 1.54) is 5.56 Å². The van der Waals surface area contributed by atoms with Gasteiger partial charge in [0.25, 0.3) is 0 Å². The van der Waals surface area contributed by atoms with Crippen LogP contribution in [0.3, 0.4) is 0 Å². The Morgan fingerprint density at radius 1 is 1.21 bits per heavy atom. The number of nitrogens with zero attached hydrogens (tertiary/aromatic N) is 1. The van der Waals surface area contributed by atoms with Gasteiger partial charge in [0.15, 0.2) is 0 Å². The monoisotopic (exact) mass is 260 g/mol. The highest BCUT2D eigenvalue weighted by atomic mass is 16.2. The predicted molar refractivity (Wildman–Crippen MR) is 75.4 cm³/mol. The molecule has 0 atom stereocenters. The molecule has 0 radical (unpaired) electrons. The second-order valence-electron chi connectivity index (χ2n) is 6.01. The van der Waals surface area contributed by atoms with E-state index >= 15 is 0 Å². The Hall–Kier alpha value is -1.84. The zero-order valence-electron chi connectivity index (χ0n) is 11.9. The number of anilines is 1. The predicted octanol–water partition coefficient (Wildman–Crippen LogP) is 2.74. The molecule has 0 aromatic heterocycles. The first-order valence-electron chi connectivity index (χ1n) is 6.51. The number of nitrogens with one attached hydrogen (secondary N) is 1. The van der Waals surface area contributed by atoms with Crippen LogP contribution in [0.5, 0.6) is 0 Å². The topological polar surface area (TPSA) is 49.4 Å². The minimum absolute atomic E-state index is 0.0323. The number of hydrogen-bond acceptors (Lipinski definition) is 2. The van der Waals surface area contributed by atoms with E-state index in [0.717, 1.165) is 11.3 Å². The van der Waals surface area contributed by atoms with E-state index in [4.69, 9.17) is 0 Å². The van der Waals surface area contributed by atoms with Crippen molar-refractivity contribution in [3.05, 3.63) is 29.3 Å². The van der Waals surface area contributed by atoms with Gasteiger partial charge >= 0.3 is 6.03 Å². The van der Waals surface area contributed by atoms with Crippen LogP contribution in [0.4, 0.5) is 10.5 Å². The maximum Gasteiger partial charge on any atom is 0.328 e. The SMILES string of the molecule is Cc1ccc(C(C)(C)C)cc1N1CCC(=O)NC1=O. The number of imide groups is 1. The van der Waals surface area contributed by atoms with Gasteiger partial charge in [0.2, 0.25) is 5.91 Å². The summed E-state index contributed by atoms with van der Waals surface area (Å²) >= 11 is 0.